The molecule has 2 N–H and O–H groups in total. The number of methoxy groups -OCH3 is 1. The Morgan fingerprint density at radius 2 is 2.05 bits per heavy atom. The molecule has 0 amide bonds. The summed E-state index contributed by atoms with van der Waals surface area (Å²) in [4.78, 5) is 31.2. The van der Waals surface area contributed by atoms with Crippen molar-refractivity contribution in [2.24, 2.45) is 5.92 Å². The molecule has 3 fully saturated rings. The van der Waals surface area contributed by atoms with Crippen LogP contribution in [0.3, 0.4) is 0 Å². The number of likely N-dealkylation sites (N-methyl/N-ethyl adjacent to an activating group) is 1. The summed E-state index contributed by atoms with van der Waals surface area (Å²) < 4.78 is 28.0. The number of rotatable bonds is 6. The van der Waals surface area contributed by atoms with Gasteiger partial charge >= 0.3 is 12.0 Å². The van der Waals surface area contributed by atoms with E-state index in [9.17, 15) is 9.90 Å². The van der Waals surface area contributed by atoms with Gasteiger partial charge < -0.3 is 29.7 Å². The number of phenolic OH excluding ortho intramolecular Hbond substituents is 1. The molecule has 0 spiro atoms. The Bertz CT molecular complexity index is 1720. The number of hydrogen-bond donors (Lipinski definition) is 2. The number of halogens is 1. The second-order valence-corrected chi connectivity index (χ2v) is 12.0. The van der Waals surface area contributed by atoms with Gasteiger partial charge in [-0.1, -0.05) is 24.3 Å². The van der Waals surface area contributed by atoms with Crippen LogP contribution in [-0.2, 0) is 9.53 Å². The SMILES string of the molecule is COC(=O)C12CC(CCN(c3nc(OC[C@@H]4CCCN4C)nc4c(F)c(-c5cc(O)cc6ccccc56)ncc34)C1)CN2. The van der Waals surface area contributed by atoms with Crippen molar-refractivity contribution in [3.63, 3.8) is 0 Å². The monoisotopic (exact) mass is 586 g/mol. The zero-order valence-electron chi connectivity index (χ0n) is 24.3. The smallest absolute Gasteiger partial charge is 0.327 e. The molecule has 43 heavy (non-hydrogen) atoms. The molecule has 3 atom stereocenters. The highest BCUT2D eigenvalue weighted by Crippen LogP contribution is 2.39. The van der Waals surface area contributed by atoms with Gasteiger partial charge in [-0.15, -0.1) is 0 Å². The Hall–Kier alpha value is -4.09. The second kappa shape index (κ2) is 10.9. The first-order valence-electron chi connectivity index (χ1n) is 14.8. The molecule has 5 heterocycles. The summed E-state index contributed by atoms with van der Waals surface area (Å²) in [5.74, 6) is -0.147. The second-order valence-electron chi connectivity index (χ2n) is 12.0. The molecular formula is C32H35FN6O4. The van der Waals surface area contributed by atoms with Crippen LogP contribution in [0.5, 0.6) is 11.8 Å². The van der Waals surface area contributed by atoms with Crippen LogP contribution in [0.15, 0.2) is 42.6 Å². The van der Waals surface area contributed by atoms with E-state index < -0.39 is 11.4 Å². The maximum absolute atomic E-state index is 16.6. The summed E-state index contributed by atoms with van der Waals surface area (Å²) in [5, 5.41) is 15.8. The van der Waals surface area contributed by atoms with Crippen molar-refractivity contribution in [1.82, 2.24) is 25.2 Å². The fraction of sp³-hybridized carbons (Fsp3) is 0.438. The van der Waals surface area contributed by atoms with E-state index in [4.69, 9.17) is 14.5 Å². The third-order valence-corrected chi connectivity index (χ3v) is 9.33. The molecule has 4 aromatic rings. The Kier molecular flexibility index (Phi) is 7.01. The van der Waals surface area contributed by atoms with Crippen LogP contribution in [0, 0.1) is 11.7 Å². The maximum atomic E-state index is 16.6. The summed E-state index contributed by atoms with van der Waals surface area (Å²) in [6.45, 7) is 3.06. The fourth-order valence-corrected chi connectivity index (χ4v) is 7.01. The molecule has 224 valence electrons. The number of carbonyl (C=O) groups is 1. The third kappa shape index (κ3) is 4.90. The normalized spacial score (nSPS) is 24.0. The van der Waals surface area contributed by atoms with Crippen molar-refractivity contribution in [3.05, 3.63) is 48.4 Å². The van der Waals surface area contributed by atoms with Crippen molar-refractivity contribution in [1.29, 1.82) is 0 Å². The van der Waals surface area contributed by atoms with Crippen LogP contribution in [0.25, 0.3) is 32.9 Å². The number of phenols is 1. The highest BCUT2D eigenvalue weighted by Gasteiger charge is 2.49. The Balaban J connectivity index is 1.36. The van der Waals surface area contributed by atoms with Gasteiger partial charge in [-0.25, -0.2) is 9.18 Å². The number of aromatic nitrogens is 3. The van der Waals surface area contributed by atoms with Gasteiger partial charge in [0.1, 0.15) is 34.9 Å². The summed E-state index contributed by atoms with van der Waals surface area (Å²) in [5.41, 5.74) is -0.265. The summed E-state index contributed by atoms with van der Waals surface area (Å²) >= 11 is 0. The summed E-state index contributed by atoms with van der Waals surface area (Å²) in [6.07, 6.45) is 5.18. The van der Waals surface area contributed by atoms with Crippen LogP contribution in [0.1, 0.15) is 25.7 Å². The molecule has 2 bridgehead atoms. The number of likely N-dealkylation sites (tertiary alicyclic amines) is 1. The molecule has 11 heteroatoms. The topological polar surface area (TPSA) is 113 Å². The Labute approximate surface area is 248 Å². The summed E-state index contributed by atoms with van der Waals surface area (Å²) in [7, 11) is 3.47. The molecule has 7 rings (SSSR count). The number of hydrogen-bond acceptors (Lipinski definition) is 10. The number of benzene rings is 2. The van der Waals surface area contributed by atoms with Gasteiger partial charge in [-0.05, 0) is 74.6 Å². The standard InChI is InChI=1S/C32H35FN6O4/c1-38-10-5-7-21(38)17-43-31-36-28-25(29(37-31)39-11-9-19-14-32(18-39,35-15-19)30(41)42-2)16-34-27(26(28)33)24-13-22(40)12-20-6-3-4-8-23(20)24/h3-4,6,8,12-13,16,19,21,35,40H,5,7,9-11,14-15,17-18H2,1-2H3/t19?,21-,32?/m0/s1. The number of esters is 1. The number of anilines is 1. The number of pyridine rings is 1. The molecule has 10 nitrogen and oxygen atoms in total. The lowest BCUT2D eigenvalue weighted by molar-refractivity contribution is -0.147. The number of aromatic hydroxyl groups is 1. The lowest BCUT2D eigenvalue weighted by Crippen LogP contribution is -2.56. The van der Waals surface area contributed by atoms with Crippen LogP contribution in [0.4, 0.5) is 10.2 Å². The minimum Gasteiger partial charge on any atom is -0.508 e. The molecule has 2 aromatic heterocycles. The van der Waals surface area contributed by atoms with Crippen molar-refractivity contribution in [2.75, 3.05) is 51.8 Å². The van der Waals surface area contributed by atoms with Crippen molar-refractivity contribution >= 4 is 33.5 Å². The molecule has 3 saturated heterocycles. The number of fused-ring (bicyclic) bond motifs is 4. The molecular weight excluding hydrogens is 551 g/mol. The Morgan fingerprint density at radius 3 is 2.86 bits per heavy atom. The fourth-order valence-electron chi connectivity index (χ4n) is 7.01. The van der Waals surface area contributed by atoms with E-state index in [1.807, 2.05) is 29.2 Å². The van der Waals surface area contributed by atoms with Gasteiger partial charge in [0.15, 0.2) is 5.82 Å². The molecule has 3 aliphatic rings. The predicted molar refractivity (Wildman–Crippen MR) is 161 cm³/mol. The van der Waals surface area contributed by atoms with E-state index in [2.05, 4.69) is 27.2 Å². The van der Waals surface area contributed by atoms with Crippen molar-refractivity contribution in [2.45, 2.75) is 37.3 Å². The summed E-state index contributed by atoms with van der Waals surface area (Å²) in [6, 6.07) is 10.9. The van der Waals surface area contributed by atoms with Crippen LogP contribution in [0.2, 0.25) is 0 Å². The average Bonchev–Trinajstić information content (AvgIpc) is 3.57. The molecule has 0 aliphatic carbocycles. The van der Waals surface area contributed by atoms with Gasteiger partial charge in [0.05, 0.1) is 12.5 Å². The zero-order chi connectivity index (χ0) is 29.7. The number of ether oxygens (including phenoxy) is 2. The highest BCUT2D eigenvalue weighted by molar-refractivity contribution is 6.00. The highest BCUT2D eigenvalue weighted by atomic mass is 19.1. The zero-order valence-corrected chi connectivity index (χ0v) is 24.3. The van der Waals surface area contributed by atoms with E-state index in [0.717, 1.165) is 43.1 Å². The molecule has 0 saturated carbocycles. The molecule has 3 aliphatic heterocycles. The Morgan fingerprint density at radius 1 is 1.19 bits per heavy atom. The minimum atomic E-state index is -0.882. The first kappa shape index (κ1) is 27.7. The van der Waals surface area contributed by atoms with Gasteiger partial charge in [-0.3, -0.25) is 4.98 Å². The lowest BCUT2D eigenvalue weighted by Gasteiger charge is -2.33. The van der Waals surface area contributed by atoms with Crippen molar-refractivity contribution < 1.29 is 23.8 Å². The molecule has 2 aromatic carbocycles. The van der Waals surface area contributed by atoms with E-state index in [1.54, 1.807) is 12.3 Å². The van der Waals surface area contributed by atoms with Gasteiger partial charge in [-0.2, -0.15) is 9.97 Å². The van der Waals surface area contributed by atoms with E-state index in [-0.39, 0.29) is 35.0 Å². The first-order chi connectivity index (χ1) is 20.8. The maximum Gasteiger partial charge on any atom is 0.327 e. The van der Waals surface area contributed by atoms with Gasteiger partial charge in [0.2, 0.25) is 0 Å². The minimum absolute atomic E-state index is 0.0170. The largest absolute Gasteiger partial charge is 0.508 e. The number of nitrogens with zero attached hydrogens (tertiary/aromatic N) is 5. The predicted octanol–water partition coefficient (Wildman–Crippen LogP) is 3.89. The molecule has 0 radical (unpaired) electrons. The van der Waals surface area contributed by atoms with E-state index in [0.29, 0.717) is 48.8 Å². The average molecular weight is 587 g/mol. The van der Waals surface area contributed by atoms with Crippen LogP contribution < -0.4 is 15.0 Å². The number of carbonyl (C=O) groups excluding carboxylic acids is 1. The molecule has 2 unspecified atom stereocenters. The van der Waals surface area contributed by atoms with Crippen molar-refractivity contribution in [3.8, 4) is 23.0 Å². The van der Waals surface area contributed by atoms with Crippen LogP contribution in [-0.4, -0.2) is 89.5 Å². The van der Waals surface area contributed by atoms with Crippen LogP contribution >= 0.6 is 0 Å². The van der Waals surface area contributed by atoms with E-state index in [1.165, 1.54) is 13.2 Å². The van der Waals surface area contributed by atoms with Gasteiger partial charge in [0.25, 0.3) is 0 Å². The number of nitrogens with one attached hydrogen (secondary N) is 1. The van der Waals surface area contributed by atoms with E-state index >= 15 is 4.39 Å². The van der Waals surface area contributed by atoms with Gasteiger partial charge in [0, 0.05) is 30.9 Å². The lowest BCUT2D eigenvalue weighted by atomic mass is 9.93. The third-order valence-electron chi connectivity index (χ3n) is 9.33. The first-order valence-corrected chi connectivity index (χ1v) is 14.8. The quantitative estimate of drug-likeness (QED) is 0.323.